The van der Waals surface area contributed by atoms with Gasteiger partial charge in [0.05, 0.1) is 0 Å². The third kappa shape index (κ3) is 9.47. The Labute approximate surface area is 144 Å². The van der Waals surface area contributed by atoms with Crippen molar-refractivity contribution in [1.29, 1.82) is 0 Å². The number of guanidine groups is 1. The van der Waals surface area contributed by atoms with Crippen molar-refractivity contribution in [2.45, 2.75) is 25.2 Å². The van der Waals surface area contributed by atoms with Crippen molar-refractivity contribution < 1.29 is 0 Å². The number of hydrogen-bond acceptors (Lipinski definition) is 2. The number of rotatable bonds is 7. The van der Waals surface area contributed by atoms with Gasteiger partial charge < -0.3 is 10.6 Å². The van der Waals surface area contributed by atoms with E-state index in [1.54, 1.807) is 0 Å². The molecule has 0 atom stereocenters. The van der Waals surface area contributed by atoms with Crippen molar-refractivity contribution in [2.24, 2.45) is 10.9 Å². The van der Waals surface area contributed by atoms with Gasteiger partial charge in [-0.15, -0.1) is 35.7 Å². The highest BCUT2D eigenvalue weighted by Crippen LogP contribution is 2.15. The van der Waals surface area contributed by atoms with Gasteiger partial charge in [-0.3, -0.25) is 4.99 Å². The van der Waals surface area contributed by atoms with Gasteiger partial charge in [0.25, 0.3) is 0 Å². The molecule has 0 aliphatic rings. The van der Waals surface area contributed by atoms with Gasteiger partial charge in [-0.2, -0.15) is 0 Å². The van der Waals surface area contributed by atoms with E-state index in [-0.39, 0.29) is 24.0 Å². The maximum atomic E-state index is 4.21. The number of halogens is 1. The molecule has 20 heavy (non-hydrogen) atoms. The lowest BCUT2D eigenvalue weighted by Gasteiger charge is -2.12. The van der Waals surface area contributed by atoms with Crippen molar-refractivity contribution >= 4 is 41.7 Å². The first-order chi connectivity index (χ1) is 9.22. The quantitative estimate of drug-likeness (QED) is 0.238. The Hall–Kier alpha value is -0.430. The minimum atomic E-state index is 0. The van der Waals surface area contributed by atoms with Crippen molar-refractivity contribution in [3.05, 3.63) is 30.3 Å². The average Bonchev–Trinajstić information content (AvgIpc) is 2.42. The first-order valence-corrected chi connectivity index (χ1v) is 7.83. The number of thioether (sulfide) groups is 1. The van der Waals surface area contributed by atoms with Crippen LogP contribution in [-0.2, 0) is 0 Å². The molecule has 114 valence electrons. The van der Waals surface area contributed by atoms with E-state index < -0.39 is 0 Å². The zero-order valence-electron chi connectivity index (χ0n) is 12.6. The molecule has 5 heteroatoms. The van der Waals surface area contributed by atoms with Crippen molar-refractivity contribution in [1.82, 2.24) is 10.6 Å². The third-order valence-corrected chi connectivity index (χ3v) is 3.66. The maximum Gasteiger partial charge on any atom is 0.191 e. The Balaban J connectivity index is 0.00000361. The third-order valence-electron chi connectivity index (χ3n) is 2.64. The number of hydrogen-bond donors (Lipinski definition) is 2. The SMILES string of the molecule is CN=C(NCCSc1ccccc1)NCCC(C)C.I. The molecule has 0 saturated heterocycles. The highest BCUT2D eigenvalue weighted by atomic mass is 127. The summed E-state index contributed by atoms with van der Waals surface area (Å²) < 4.78 is 0. The Kier molecular flexibility index (Phi) is 12.1. The van der Waals surface area contributed by atoms with Crippen molar-refractivity contribution in [3.63, 3.8) is 0 Å². The predicted molar refractivity (Wildman–Crippen MR) is 101 cm³/mol. The van der Waals surface area contributed by atoms with Gasteiger partial charge in [0.15, 0.2) is 5.96 Å². The van der Waals surface area contributed by atoms with Gasteiger partial charge in [0, 0.05) is 30.8 Å². The number of nitrogens with zero attached hydrogens (tertiary/aromatic N) is 1. The van der Waals surface area contributed by atoms with Crippen LogP contribution in [0.25, 0.3) is 0 Å². The van der Waals surface area contributed by atoms with Crippen LogP contribution in [0.3, 0.4) is 0 Å². The zero-order chi connectivity index (χ0) is 13.9. The van der Waals surface area contributed by atoms with Crippen LogP contribution in [0, 0.1) is 5.92 Å². The first kappa shape index (κ1) is 19.6. The van der Waals surface area contributed by atoms with Gasteiger partial charge >= 0.3 is 0 Å². The fourth-order valence-corrected chi connectivity index (χ4v) is 2.34. The second-order valence-electron chi connectivity index (χ2n) is 4.77. The highest BCUT2D eigenvalue weighted by Gasteiger charge is 1.98. The summed E-state index contributed by atoms with van der Waals surface area (Å²) in [7, 11) is 1.81. The van der Waals surface area contributed by atoms with E-state index in [1.165, 1.54) is 11.3 Å². The minimum absolute atomic E-state index is 0. The van der Waals surface area contributed by atoms with E-state index in [0.717, 1.165) is 30.7 Å². The minimum Gasteiger partial charge on any atom is -0.356 e. The molecule has 0 saturated carbocycles. The lowest BCUT2D eigenvalue weighted by molar-refractivity contribution is 0.574. The Bertz CT molecular complexity index is 369. The monoisotopic (exact) mass is 407 g/mol. The zero-order valence-corrected chi connectivity index (χ0v) is 15.7. The molecule has 0 spiro atoms. The van der Waals surface area contributed by atoms with Crippen molar-refractivity contribution in [3.8, 4) is 0 Å². The Morgan fingerprint density at radius 2 is 1.80 bits per heavy atom. The van der Waals surface area contributed by atoms with E-state index in [9.17, 15) is 0 Å². The van der Waals surface area contributed by atoms with Crippen LogP contribution < -0.4 is 10.6 Å². The van der Waals surface area contributed by atoms with E-state index >= 15 is 0 Å². The van der Waals surface area contributed by atoms with Gasteiger partial charge in [-0.1, -0.05) is 32.0 Å². The number of aliphatic imine (C=N–C) groups is 1. The average molecular weight is 407 g/mol. The summed E-state index contributed by atoms with van der Waals surface area (Å²) >= 11 is 1.86. The highest BCUT2D eigenvalue weighted by molar-refractivity contribution is 14.0. The molecule has 0 fully saturated rings. The molecule has 3 nitrogen and oxygen atoms in total. The van der Waals surface area contributed by atoms with Crippen LogP contribution in [0.5, 0.6) is 0 Å². The molecule has 0 aliphatic heterocycles. The Morgan fingerprint density at radius 3 is 2.40 bits per heavy atom. The molecule has 0 radical (unpaired) electrons. The lowest BCUT2D eigenvalue weighted by Crippen LogP contribution is -2.39. The summed E-state index contributed by atoms with van der Waals surface area (Å²) in [6.45, 7) is 6.35. The normalized spacial score (nSPS) is 11.1. The number of nitrogens with one attached hydrogen (secondary N) is 2. The Morgan fingerprint density at radius 1 is 1.15 bits per heavy atom. The number of benzene rings is 1. The van der Waals surface area contributed by atoms with Gasteiger partial charge in [0.1, 0.15) is 0 Å². The van der Waals surface area contributed by atoms with Gasteiger partial charge in [-0.05, 0) is 24.5 Å². The standard InChI is InChI=1S/C15H25N3S.HI/c1-13(2)9-10-17-15(16-3)18-11-12-19-14-7-5-4-6-8-14;/h4-8,13H,9-12H2,1-3H3,(H2,16,17,18);1H. The molecule has 0 unspecified atom stereocenters. The van der Waals surface area contributed by atoms with Crippen LogP contribution in [0.15, 0.2) is 40.2 Å². The summed E-state index contributed by atoms with van der Waals surface area (Å²) in [6, 6.07) is 10.5. The molecular formula is C15H26IN3S. The van der Waals surface area contributed by atoms with Crippen LogP contribution >= 0.6 is 35.7 Å². The maximum absolute atomic E-state index is 4.21. The molecule has 0 aromatic heterocycles. The first-order valence-electron chi connectivity index (χ1n) is 6.84. The molecule has 1 rings (SSSR count). The molecule has 0 bridgehead atoms. The summed E-state index contributed by atoms with van der Waals surface area (Å²) in [5, 5.41) is 6.66. The molecule has 0 amide bonds. The second kappa shape index (κ2) is 12.3. The van der Waals surface area contributed by atoms with E-state index in [1.807, 2.05) is 24.9 Å². The van der Waals surface area contributed by atoms with E-state index in [0.29, 0.717) is 0 Å². The lowest BCUT2D eigenvalue weighted by atomic mass is 10.1. The van der Waals surface area contributed by atoms with Crippen LogP contribution in [-0.4, -0.2) is 31.8 Å². The second-order valence-corrected chi connectivity index (χ2v) is 5.94. The van der Waals surface area contributed by atoms with E-state index in [4.69, 9.17) is 0 Å². The summed E-state index contributed by atoms with van der Waals surface area (Å²) in [4.78, 5) is 5.53. The molecular weight excluding hydrogens is 381 g/mol. The molecule has 0 aliphatic carbocycles. The molecule has 1 aromatic rings. The molecule has 0 heterocycles. The largest absolute Gasteiger partial charge is 0.356 e. The fourth-order valence-electron chi connectivity index (χ4n) is 1.55. The van der Waals surface area contributed by atoms with Gasteiger partial charge in [0.2, 0.25) is 0 Å². The summed E-state index contributed by atoms with van der Waals surface area (Å²) in [5.74, 6) is 2.66. The van der Waals surface area contributed by atoms with E-state index in [2.05, 4.69) is 53.7 Å². The van der Waals surface area contributed by atoms with Crippen LogP contribution in [0.1, 0.15) is 20.3 Å². The van der Waals surface area contributed by atoms with Crippen molar-refractivity contribution in [2.75, 3.05) is 25.9 Å². The van der Waals surface area contributed by atoms with Gasteiger partial charge in [-0.25, -0.2) is 0 Å². The fraction of sp³-hybridized carbons (Fsp3) is 0.533. The summed E-state index contributed by atoms with van der Waals surface area (Å²) in [5.41, 5.74) is 0. The van der Waals surface area contributed by atoms with Crippen LogP contribution in [0.2, 0.25) is 0 Å². The smallest absolute Gasteiger partial charge is 0.191 e. The topological polar surface area (TPSA) is 36.4 Å². The molecule has 1 aromatic carbocycles. The summed E-state index contributed by atoms with van der Waals surface area (Å²) in [6.07, 6.45) is 1.17. The van der Waals surface area contributed by atoms with Crippen LogP contribution in [0.4, 0.5) is 0 Å². The predicted octanol–water partition coefficient (Wildman–Crippen LogP) is 3.61. The molecule has 2 N–H and O–H groups in total.